The Bertz CT molecular complexity index is 926. The van der Waals surface area contributed by atoms with Gasteiger partial charge in [0.25, 0.3) is 5.91 Å². The first-order valence-corrected chi connectivity index (χ1v) is 11.0. The normalized spacial score (nSPS) is 24.7. The van der Waals surface area contributed by atoms with E-state index in [4.69, 9.17) is 4.74 Å². The molecule has 2 atom stereocenters. The highest BCUT2D eigenvalue weighted by Crippen LogP contribution is 2.32. The van der Waals surface area contributed by atoms with Gasteiger partial charge in [-0.1, -0.05) is 54.6 Å². The first-order chi connectivity index (χ1) is 13.1. The molecule has 2 aliphatic rings. The van der Waals surface area contributed by atoms with Crippen molar-refractivity contribution in [2.75, 3.05) is 25.4 Å². The van der Waals surface area contributed by atoms with Gasteiger partial charge in [-0.2, -0.15) is 0 Å². The summed E-state index contributed by atoms with van der Waals surface area (Å²) < 4.78 is 31.3. The van der Waals surface area contributed by atoms with Gasteiger partial charge in [0.1, 0.15) is 0 Å². The summed E-state index contributed by atoms with van der Waals surface area (Å²) in [6, 6.07) is 17.1. The monoisotopic (exact) mass is 385 g/mol. The highest BCUT2D eigenvalue weighted by atomic mass is 32.2. The second-order valence-electron chi connectivity index (χ2n) is 7.08. The lowest BCUT2D eigenvalue weighted by Gasteiger charge is -2.30. The van der Waals surface area contributed by atoms with E-state index in [0.29, 0.717) is 19.6 Å². The van der Waals surface area contributed by atoms with Crippen LogP contribution < -0.4 is 0 Å². The smallest absolute Gasteiger partial charge is 0.256 e. The first-order valence-electron chi connectivity index (χ1n) is 9.31. The van der Waals surface area contributed by atoms with E-state index >= 15 is 0 Å². The summed E-state index contributed by atoms with van der Waals surface area (Å²) in [6.45, 7) is 1.14. The number of amides is 1. The van der Waals surface area contributed by atoms with Crippen molar-refractivity contribution in [2.45, 2.75) is 24.2 Å². The predicted molar refractivity (Wildman–Crippen MR) is 103 cm³/mol. The van der Waals surface area contributed by atoms with Gasteiger partial charge in [0.05, 0.1) is 17.6 Å². The summed E-state index contributed by atoms with van der Waals surface area (Å²) in [4.78, 5) is 14.8. The molecule has 0 N–H and O–H groups in total. The maximum Gasteiger partial charge on any atom is 0.256 e. The second kappa shape index (κ2) is 7.44. The van der Waals surface area contributed by atoms with Crippen molar-refractivity contribution < 1.29 is 17.9 Å². The average Bonchev–Trinajstić information content (AvgIpc) is 2.85. The van der Waals surface area contributed by atoms with Crippen LogP contribution in [0.5, 0.6) is 0 Å². The van der Waals surface area contributed by atoms with Crippen LogP contribution in [0.4, 0.5) is 0 Å². The average molecular weight is 385 g/mol. The van der Waals surface area contributed by atoms with Crippen molar-refractivity contribution in [1.82, 2.24) is 4.90 Å². The van der Waals surface area contributed by atoms with Crippen LogP contribution in [0, 0.1) is 0 Å². The zero-order valence-corrected chi connectivity index (χ0v) is 15.9. The highest BCUT2D eigenvalue weighted by Gasteiger charge is 2.36. The van der Waals surface area contributed by atoms with Gasteiger partial charge >= 0.3 is 0 Å². The van der Waals surface area contributed by atoms with Crippen LogP contribution in [-0.4, -0.2) is 44.7 Å². The molecule has 2 aromatic rings. The summed E-state index contributed by atoms with van der Waals surface area (Å²) in [5.41, 5.74) is 2.83. The zero-order valence-electron chi connectivity index (χ0n) is 15.1. The van der Waals surface area contributed by atoms with Crippen LogP contribution in [0.25, 0.3) is 0 Å². The highest BCUT2D eigenvalue weighted by molar-refractivity contribution is 7.91. The fourth-order valence-corrected chi connectivity index (χ4v) is 5.77. The second-order valence-corrected chi connectivity index (χ2v) is 9.38. The van der Waals surface area contributed by atoms with E-state index < -0.39 is 21.2 Å². The van der Waals surface area contributed by atoms with Crippen molar-refractivity contribution in [1.29, 1.82) is 0 Å². The lowest BCUT2D eigenvalue weighted by Crippen LogP contribution is -2.39. The molecule has 5 nitrogen and oxygen atoms in total. The largest absolute Gasteiger partial charge is 0.363 e. The molecule has 2 aromatic carbocycles. The number of hydrogen-bond acceptors (Lipinski definition) is 4. The maximum atomic E-state index is 13.1. The van der Waals surface area contributed by atoms with Crippen molar-refractivity contribution in [3.05, 3.63) is 71.3 Å². The van der Waals surface area contributed by atoms with Crippen LogP contribution >= 0.6 is 0 Å². The molecule has 1 saturated heterocycles. The number of carbonyl (C=O) groups excluding carboxylic acids is 1. The fraction of sp³-hybridized carbons (Fsp3) is 0.381. The Kier molecular flexibility index (Phi) is 5.02. The number of hydrogen-bond donors (Lipinski definition) is 0. The summed E-state index contributed by atoms with van der Waals surface area (Å²) in [5.74, 6) is -0.154. The molecule has 0 unspecified atom stereocenters. The number of carbonyl (C=O) groups is 1. The predicted octanol–water partition coefficient (Wildman–Crippen LogP) is 2.69. The van der Waals surface area contributed by atoms with E-state index in [1.165, 1.54) is 0 Å². The van der Waals surface area contributed by atoms with Crippen LogP contribution in [0.2, 0.25) is 0 Å². The van der Waals surface area contributed by atoms with Crippen LogP contribution in [-0.2, 0) is 25.8 Å². The van der Waals surface area contributed by atoms with Gasteiger partial charge in [-0.15, -0.1) is 0 Å². The minimum absolute atomic E-state index is 0.0212. The topological polar surface area (TPSA) is 63.7 Å². The number of nitrogens with zero attached hydrogens (tertiary/aromatic N) is 1. The summed E-state index contributed by atoms with van der Waals surface area (Å²) in [6.07, 6.45) is 0.572. The molecule has 27 heavy (non-hydrogen) atoms. The molecule has 0 spiro atoms. The Morgan fingerprint density at radius 1 is 1.00 bits per heavy atom. The Balaban J connectivity index is 1.56. The number of fused-ring (bicyclic) bond motifs is 1. The number of sulfone groups is 1. The molecule has 0 saturated carbocycles. The lowest BCUT2D eigenvalue weighted by molar-refractivity contribution is -0.144. The van der Waals surface area contributed by atoms with E-state index in [-0.39, 0.29) is 18.2 Å². The minimum atomic E-state index is -3.31. The SMILES string of the molecule is O=C([C@@H]1OCCc2ccccc21)N1CC[C@@H](c2ccccc2)S(=O)(=O)CC1. The molecule has 0 aromatic heterocycles. The molecule has 6 heteroatoms. The molecule has 142 valence electrons. The van der Waals surface area contributed by atoms with Crippen LogP contribution in [0.15, 0.2) is 54.6 Å². The van der Waals surface area contributed by atoms with Crippen molar-refractivity contribution in [3.8, 4) is 0 Å². The lowest BCUT2D eigenvalue weighted by atomic mass is 9.96. The third kappa shape index (κ3) is 3.64. The molecule has 1 amide bonds. The van der Waals surface area contributed by atoms with Gasteiger partial charge in [-0.25, -0.2) is 8.42 Å². The first kappa shape index (κ1) is 18.2. The Hall–Kier alpha value is -2.18. The van der Waals surface area contributed by atoms with Gasteiger partial charge in [-0.3, -0.25) is 4.79 Å². The standard InChI is InChI=1S/C21H23NO4S/c23-21(20-18-9-5-4-6-16(18)11-14-26-20)22-12-10-19(27(24,25)15-13-22)17-7-2-1-3-8-17/h1-9,19-20H,10-15H2/t19-,20+/m0/s1. The fourth-order valence-electron chi connectivity index (χ4n) is 3.97. The van der Waals surface area contributed by atoms with E-state index in [1.807, 2.05) is 54.6 Å². The third-order valence-electron chi connectivity index (χ3n) is 5.44. The molecular weight excluding hydrogens is 362 g/mol. The van der Waals surface area contributed by atoms with Crippen molar-refractivity contribution >= 4 is 15.7 Å². The number of rotatable bonds is 2. The van der Waals surface area contributed by atoms with E-state index in [9.17, 15) is 13.2 Å². The van der Waals surface area contributed by atoms with Gasteiger partial charge < -0.3 is 9.64 Å². The Morgan fingerprint density at radius 3 is 2.56 bits per heavy atom. The van der Waals surface area contributed by atoms with E-state index in [1.54, 1.807) is 4.90 Å². The molecule has 4 rings (SSSR count). The molecule has 1 fully saturated rings. The van der Waals surface area contributed by atoms with Gasteiger partial charge in [0, 0.05) is 13.1 Å². The molecular formula is C21H23NO4S. The number of ether oxygens (including phenoxy) is 1. The Labute approximate surface area is 159 Å². The molecule has 0 bridgehead atoms. The summed E-state index contributed by atoms with van der Waals surface area (Å²) in [5, 5.41) is -0.559. The summed E-state index contributed by atoms with van der Waals surface area (Å²) in [7, 11) is -3.31. The van der Waals surface area contributed by atoms with Gasteiger partial charge in [-0.05, 0) is 29.5 Å². The molecule has 0 aliphatic carbocycles. The number of benzene rings is 2. The quantitative estimate of drug-likeness (QED) is 0.797. The third-order valence-corrected chi connectivity index (χ3v) is 7.57. The van der Waals surface area contributed by atoms with E-state index in [2.05, 4.69) is 0 Å². The van der Waals surface area contributed by atoms with E-state index in [0.717, 1.165) is 23.1 Å². The molecule has 2 aliphatic heterocycles. The summed E-state index contributed by atoms with van der Waals surface area (Å²) >= 11 is 0. The van der Waals surface area contributed by atoms with Gasteiger partial charge in [0.2, 0.25) is 0 Å². The van der Waals surface area contributed by atoms with Crippen molar-refractivity contribution in [2.24, 2.45) is 0 Å². The molecule has 2 heterocycles. The molecule has 0 radical (unpaired) electrons. The van der Waals surface area contributed by atoms with Crippen molar-refractivity contribution in [3.63, 3.8) is 0 Å². The maximum absolute atomic E-state index is 13.1. The van der Waals surface area contributed by atoms with Crippen LogP contribution in [0.1, 0.15) is 34.5 Å². The Morgan fingerprint density at radius 2 is 1.74 bits per heavy atom. The zero-order chi connectivity index (χ0) is 18.9. The van der Waals surface area contributed by atoms with Crippen LogP contribution in [0.3, 0.4) is 0 Å². The minimum Gasteiger partial charge on any atom is -0.363 e. The van der Waals surface area contributed by atoms with Gasteiger partial charge in [0.15, 0.2) is 15.9 Å².